The van der Waals surface area contributed by atoms with Gasteiger partial charge in [0.15, 0.2) is 0 Å². The van der Waals surface area contributed by atoms with Crippen LogP contribution in [0.5, 0.6) is 0 Å². The molecule has 0 aliphatic rings. The fraction of sp³-hybridized carbons (Fsp3) is 0.333. The molecule has 0 bridgehead atoms. The molecule has 0 radical (unpaired) electrons. The third kappa shape index (κ3) is 2.58. The molecule has 2 heterocycles. The van der Waals surface area contributed by atoms with Crippen molar-refractivity contribution in [3.05, 3.63) is 40.1 Å². The number of aryl methyl sites for hydroxylation is 2. The third-order valence-corrected chi connectivity index (χ3v) is 3.54. The van der Waals surface area contributed by atoms with E-state index in [0.717, 1.165) is 29.2 Å². The summed E-state index contributed by atoms with van der Waals surface area (Å²) in [6.07, 6.45) is 6.68. The Kier molecular flexibility index (Phi) is 3.51. The largest absolute Gasteiger partial charge is 0.378 e. The zero-order valence-electron chi connectivity index (χ0n) is 9.53. The molecule has 0 spiro atoms. The lowest BCUT2D eigenvalue weighted by atomic mass is 10.2. The second-order valence-electron chi connectivity index (χ2n) is 3.62. The molecule has 0 aliphatic carbocycles. The van der Waals surface area contributed by atoms with Gasteiger partial charge >= 0.3 is 0 Å². The summed E-state index contributed by atoms with van der Waals surface area (Å²) in [7, 11) is 0. The molecule has 0 aromatic carbocycles. The highest BCUT2D eigenvalue weighted by Crippen LogP contribution is 2.17. The smallest absolute Gasteiger partial charge is 0.112 e. The Balaban J connectivity index is 1.99. The number of anilines is 1. The number of nitrogens with one attached hydrogen (secondary N) is 1. The second kappa shape index (κ2) is 5.07. The molecule has 0 aliphatic heterocycles. The van der Waals surface area contributed by atoms with E-state index in [1.165, 1.54) is 4.88 Å². The Hall–Kier alpha value is -1.42. The molecule has 4 heteroatoms. The first-order valence-corrected chi connectivity index (χ1v) is 6.19. The van der Waals surface area contributed by atoms with Crippen LogP contribution in [-0.4, -0.2) is 9.97 Å². The van der Waals surface area contributed by atoms with E-state index in [1.807, 2.05) is 18.5 Å². The number of hydrogen-bond acceptors (Lipinski definition) is 4. The number of aromatic nitrogens is 2. The van der Waals surface area contributed by atoms with E-state index in [-0.39, 0.29) is 0 Å². The first-order chi connectivity index (χ1) is 7.79. The molecule has 2 aromatic heterocycles. The molecule has 0 atom stereocenters. The van der Waals surface area contributed by atoms with Gasteiger partial charge in [0.2, 0.25) is 0 Å². The lowest BCUT2D eigenvalue weighted by molar-refractivity contribution is 1.08. The molecule has 0 unspecified atom stereocenters. The molecule has 0 saturated carbocycles. The van der Waals surface area contributed by atoms with Crippen molar-refractivity contribution >= 4 is 17.0 Å². The summed E-state index contributed by atoms with van der Waals surface area (Å²) in [5, 5.41) is 4.51. The maximum atomic E-state index is 4.37. The monoisotopic (exact) mass is 233 g/mol. The molecule has 0 amide bonds. The summed E-state index contributed by atoms with van der Waals surface area (Å²) in [6.45, 7) is 4.99. The number of thiazole rings is 1. The van der Waals surface area contributed by atoms with Crippen molar-refractivity contribution < 1.29 is 0 Å². The Bertz CT molecular complexity index is 465. The van der Waals surface area contributed by atoms with Crippen LogP contribution in [0.3, 0.4) is 0 Å². The van der Waals surface area contributed by atoms with E-state index in [1.54, 1.807) is 17.5 Å². The number of rotatable bonds is 4. The first-order valence-electron chi connectivity index (χ1n) is 5.37. The molecule has 84 valence electrons. The standard InChI is InChI=1S/C12H15N3S/c1-3-10-7-15-12(16-10)8-14-11-4-5-13-6-9(11)2/h4-7H,3,8H2,1-2H3,(H,13,14). The van der Waals surface area contributed by atoms with Gasteiger partial charge in [0.25, 0.3) is 0 Å². The van der Waals surface area contributed by atoms with E-state index < -0.39 is 0 Å². The summed E-state index contributed by atoms with van der Waals surface area (Å²) < 4.78 is 0. The number of hydrogen-bond donors (Lipinski definition) is 1. The molecular formula is C12H15N3S. The highest BCUT2D eigenvalue weighted by atomic mass is 32.1. The summed E-state index contributed by atoms with van der Waals surface area (Å²) in [5.41, 5.74) is 2.29. The van der Waals surface area contributed by atoms with Crippen molar-refractivity contribution in [2.45, 2.75) is 26.8 Å². The van der Waals surface area contributed by atoms with E-state index in [9.17, 15) is 0 Å². The highest BCUT2D eigenvalue weighted by molar-refractivity contribution is 7.11. The summed E-state index contributed by atoms with van der Waals surface area (Å²) >= 11 is 1.77. The van der Waals surface area contributed by atoms with Crippen LogP contribution in [-0.2, 0) is 13.0 Å². The van der Waals surface area contributed by atoms with Crippen LogP contribution in [0, 0.1) is 6.92 Å². The fourth-order valence-electron chi connectivity index (χ4n) is 1.44. The van der Waals surface area contributed by atoms with Gasteiger partial charge in [-0.1, -0.05) is 6.92 Å². The molecule has 3 nitrogen and oxygen atoms in total. The van der Waals surface area contributed by atoms with Crippen LogP contribution in [0.1, 0.15) is 22.4 Å². The van der Waals surface area contributed by atoms with Crippen molar-refractivity contribution in [1.29, 1.82) is 0 Å². The van der Waals surface area contributed by atoms with Gasteiger partial charge in [-0.25, -0.2) is 4.98 Å². The van der Waals surface area contributed by atoms with Crippen molar-refractivity contribution in [3.63, 3.8) is 0 Å². The number of pyridine rings is 1. The summed E-state index contributed by atoms with van der Waals surface area (Å²) in [5.74, 6) is 0. The molecule has 0 saturated heterocycles. The first kappa shape index (κ1) is 11.1. The quantitative estimate of drug-likeness (QED) is 0.882. The molecule has 1 N–H and O–H groups in total. The average molecular weight is 233 g/mol. The van der Waals surface area contributed by atoms with E-state index in [2.05, 4.69) is 29.1 Å². The Morgan fingerprint density at radius 2 is 2.25 bits per heavy atom. The van der Waals surface area contributed by atoms with Crippen molar-refractivity contribution in [2.75, 3.05) is 5.32 Å². The highest BCUT2D eigenvalue weighted by Gasteiger charge is 2.01. The van der Waals surface area contributed by atoms with Crippen LogP contribution in [0.2, 0.25) is 0 Å². The lowest BCUT2D eigenvalue weighted by Gasteiger charge is -2.06. The van der Waals surface area contributed by atoms with Gasteiger partial charge in [-0.05, 0) is 25.0 Å². The van der Waals surface area contributed by atoms with Crippen molar-refractivity contribution in [3.8, 4) is 0 Å². The van der Waals surface area contributed by atoms with Gasteiger partial charge < -0.3 is 5.32 Å². The summed E-state index contributed by atoms with van der Waals surface area (Å²) in [6, 6.07) is 1.99. The van der Waals surface area contributed by atoms with Crippen LogP contribution < -0.4 is 5.32 Å². The van der Waals surface area contributed by atoms with E-state index in [0.29, 0.717) is 0 Å². The third-order valence-electron chi connectivity index (χ3n) is 2.40. The zero-order valence-corrected chi connectivity index (χ0v) is 10.3. The van der Waals surface area contributed by atoms with Gasteiger partial charge in [-0.3, -0.25) is 4.98 Å². The number of nitrogens with zero attached hydrogens (tertiary/aromatic N) is 2. The SMILES string of the molecule is CCc1cnc(CNc2ccncc2C)s1. The fourth-order valence-corrected chi connectivity index (χ4v) is 2.24. The predicted octanol–water partition coefficient (Wildman–Crippen LogP) is 3.02. The van der Waals surface area contributed by atoms with Gasteiger partial charge in [0, 0.05) is 29.2 Å². The second-order valence-corrected chi connectivity index (χ2v) is 4.82. The average Bonchev–Trinajstić information content (AvgIpc) is 2.76. The van der Waals surface area contributed by atoms with Crippen molar-refractivity contribution in [1.82, 2.24) is 9.97 Å². The Morgan fingerprint density at radius 3 is 2.94 bits per heavy atom. The van der Waals surface area contributed by atoms with E-state index >= 15 is 0 Å². The van der Waals surface area contributed by atoms with Gasteiger partial charge in [-0.2, -0.15) is 0 Å². The molecule has 2 rings (SSSR count). The normalized spacial score (nSPS) is 10.4. The minimum atomic E-state index is 0.787. The van der Waals surface area contributed by atoms with Crippen LogP contribution in [0.4, 0.5) is 5.69 Å². The molecule has 0 fully saturated rings. The lowest BCUT2D eigenvalue weighted by Crippen LogP contribution is -2.00. The summed E-state index contributed by atoms with van der Waals surface area (Å²) in [4.78, 5) is 9.77. The van der Waals surface area contributed by atoms with Crippen molar-refractivity contribution in [2.24, 2.45) is 0 Å². The van der Waals surface area contributed by atoms with Gasteiger partial charge in [0.1, 0.15) is 5.01 Å². The Labute approximate surface area is 99.6 Å². The maximum absolute atomic E-state index is 4.37. The zero-order chi connectivity index (χ0) is 11.4. The topological polar surface area (TPSA) is 37.8 Å². The van der Waals surface area contributed by atoms with Crippen LogP contribution in [0.15, 0.2) is 24.7 Å². The van der Waals surface area contributed by atoms with E-state index in [4.69, 9.17) is 0 Å². The molecule has 16 heavy (non-hydrogen) atoms. The van der Waals surface area contributed by atoms with Gasteiger partial charge in [-0.15, -0.1) is 11.3 Å². The minimum absolute atomic E-state index is 0.787. The molecular weight excluding hydrogens is 218 g/mol. The Morgan fingerprint density at radius 1 is 1.38 bits per heavy atom. The van der Waals surface area contributed by atoms with Gasteiger partial charge in [0.05, 0.1) is 6.54 Å². The predicted molar refractivity (Wildman–Crippen MR) is 67.8 cm³/mol. The molecule has 2 aromatic rings. The van der Waals surface area contributed by atoms with Crippen LogP contribution >= 0.6 is 11.3 Å². The van der Waals surface area contributed by atoms with Crippen LogP contribution in [0.25, 0.3) is 0 Å². The minimum Gasteiger partial charge on any atom is -0.378 e. The maximum Gasteiger partial charge on any atom is 0.112 e.